The largest absolute Gasteiger partial charge is 0.434 e. The molecule has 0 radical (unpaired) electrons. The van der Waals surface area contributed by atoms with Crippen molar-refractivity contribution >= 4 is 6.08 Å². The van der Waals surface area contributed by atoms with Gasteiger partial charge in [-0.3, -0.25) is 0 Å². The molecule has 112 valence electrons. The minimum Gasteiger partial charge on any atom is -0.434 e. The Morgan fingerprint density at radius 2 is 1.75 bits per heavy atom. The summed E-state index contributed by atoms with van der Waals surface area (Å²) in [6.07, 6.45) is 4.00. The highest BCUT2D eigenvalue weighted by Gasteiger charge is 2.11. The molecule has 1 rings (SSSR count). The second-order valence-corrected chi connectivity index (χ2v) is 5.90. The van der Waals surface area contributed by atoms with Gasteiger partial charge in [0.25, 0.3) is 0 Å². The van der Waals surface area contributed by atoms with Crippen molar-refractivity contribution in [1.29, 1.82) is 0 Å². The van der Waals surface area contributed by atoms with Crippen LogP contribution in [0.25, 0.3) is 6.08 Å². The fourth-order valence-electron chi connectivity index (χ4n) is 1.92. The Morgan fingerprint density at radius 1 is 1.20 bits per heavy atom. The van der Waals surface area contributed by atoms with E-state index < -0.39 is 6.61 Å². The molecule has 2 nitrogen and oxygen atoms in total. The lowest BCUT2D eigenvalue weighted by Crippen LogP contribution is -2.35. The normalized spacial score (nSPS) is 12.4. The van der Waals surface area contributed by atoms with Crippen LogP contribution in [0, 0.1) is 13.8 Å². The van der Waals surface area contributed by atoms with E-state index in [4.69, 9.17) is 0 Å². The Labute approximate surface area is 119 Å². The van der Waals surface area contributed by atoms with E-state index in [-0.39, 0.29) is 11.3 Å². The number of nitrogens with one attached hydrogen (secondary N) is 1. The summed E-state index contributed by atoms with van der Waals surface area (Å²) < 4.78 is 29.1. The average Bonchev–Trinajstić information content (AvgIpc) is 2.28. The second-order valence-electron chi connectivity index (χ2n) is 5.90. The van der Waals surface area contributed by atoms with Gasteiger partial charge in [0.05, 0.1) is 0 Å². The maximum Gasteiger partial charge on any atom is 0.387 e. The van der Waals surface area contributed by atoms with E-state index in [0.717, 1.165) is 12.1 Å². The molecule has 0 aliphatic heterocycles. The Morgan fingerprint density at radius 3 is 2.20 bits per heavy atom. The smallest absolute Gasteiger partial charge is 0.387 e. The molecule has 1 aromatic rings. The van der Waals surface area contributed by atoms with Crippen LogP contribution >= 0.6 is 0 Å². The number of hydrogen-bond donors (Lipinski definition) is 1. The summed E-state index contributed by atoms with van der Waals surface area (Å²) >= 11 is 0. The molecule has 0 aliphatic carbocycles. The lowest BCUT2D eigenvalue weighted by atomic mass is 10.1. The van der Waals surface area contributed by atoms with Gasteiger partial charge in [0.1, 0.15) is 5.75 Å². The van der Waals surface area contributed by atoms with E-state index in [1.165, 1.54) is 0 Å². The fourth-order valence-corrected chi connectivity index (χ4v) is 1.92. The molecule has 0 bridgehead atoms. The summed E-state index contributed by atoms with van der Waals surface area (Å²) in [6.45, 7) is 7.83. The molecule has 1 N–H and O–H groups in total. The average molecular weight is 283 g/mol. The van der Waals surface area contributed by atoms with Crippen molar-refractivity contribution in [1.82, 2.24) is 5.32 Å². The molecule has 4 heteroatoms. The lowest BCUT2D eigenvalue weighted by Gasteiger charge is -2.19. The summed E-state index contributed by atoms with van der Waals surface area (Å²) in [5, 5.41) is 3.35. The maximum absolute atomic E-state index is 12.3. The third-order valence-corrected chi connectivity index (χ3v) is 2.75. The summed E-state index contributed by atoms with van der Waals surface area (Å²) in [6, 6.07) is 3.69. The molecule has 0 unspecified atom stereocenters. The van der Waals surface area contributed by atoms with Gasteiger partial charge in [-0.05, 0) is 63.4 Å². The van der Waals surface area contributed by atoms with Crippen LogP contribution in [0.5, 0.6) is 5.75 Å². The Balaban J connectivity index is 2.76. The van der Waals surface area contributed by atoms with Gasteiger partial charge in [0, 0.05) is 12.1 Å². The van der Waals surface area contributed by atoms with Crippen LogP contribution in [0.2, 0.25) is 0 Å². The summed E-state index contributed by atoms with van der Waals surface area (Å²) in [4.78, 5) is 0. The minimum absolute atomic E-state index is 0.0745. The predicted octanol–water partition coefficient (Wildman–Crippen LogP) is 4.31. The molecule has 0 atom stereocenters. The highest BCUT2D eigenvalue weighted by atomic mass is 19.3. The van der Waals surface area contributed by atoms with Gasteiger partial charge in [-0.15, -0.1) is 0 Å². The number of halogens is 2. The minimum atomic E-state index is -2.79. The Kier molecular flexibility index (Phi) is 5.69. The molecule has 0 saturated carbocycles. The predicted molar refractivity (Wildman–Crippen MR) is 79.3 cm³/mol. The number of hydrogen-bond acceptors (Lipinski definition) is 2. The molecule has 1 aromatic carbocycles. The second kappa shape index (κ2) is 6.84. The molecule has 0 fully saturated rings. The van der Waals surface area contributed by atoms with Crippen molar-refractivity contribution in [2.75, 3.05) is 6.54 Å². The quantitative estimate of drug-likeness (QED) is 0.869. The molecule has 0 heterocycles. The molecule has 0 aromatic heterocycles. The van der Waals surface area contributed by atoms with Crippen molar-refractivity contribution in [3.05, 3.63) is 34.9 Å². The molecular formula is C16H23F2NO. The molecule has 0 aliphatic rings. The van der Waals surface area contributed by atoms with Crippen LogP contribution in [-0.4, -0.2) is 18.7 Å². The van der Waals surface area contributed by atoms with Gasteiger partial charge in [0.15, 0.2) is 0 Å². The van der Waals surface area contributed by atoms with Gasteiger partial charge >= 0.3 is 6.61 Å². The topological polar surface area (TPSA) is 21.3 Å². The van der Waals surface area contributed by atoms with E-state index in [1.807, 2.05) is 24.3 Å². The highest BCUT2D eigenvalue weighted by molar-refractivity contribution is 5.56. The first-order valence-corrected chi connectivity index (χ1v) is 6.66. The first kappa shape index (κ1) is 16.6. The summed E-state index contributed by atoms with van der Waals surface area (Å²) in [7, 11) is 0. The molecule has 20 heavy (non-hydrogen) atoms. The van der Waals surface area contributed by atoms with Crippen LogP contribution in [0.3, 0.4) is 0 Å². The van der Waals surface area contributed by atoms with Crippen LogP contribution in [0.15, 0.2) is 18.2 Å². The van der Waals surface area contributed by atoms with Crippen molar-refractivity contribution in [3.8, 4) is 5.75 Å². The molecule has 0 spiro atoms. The van der Waals surface area contributed by atoms with Crippen molar-refractivity contribution in [2.24, 2.45) is 0 Å². The number of aryl methyl sites for hydroxylation is 2. The Bertz CT molecular complexity index is 453. The van der Waals surface area contributed by atoms with E-state index in [0.29, 0.717) is 11.1 Å². The zero-order valence-electron chi connectivity index (χ0n) is 12.8. The van der Waals surface area contributed by atoms with E-state index >= 15 is 0 Å². The van der Waals surface area contributed by atoms with Crippen LogP contribution < -0.4 is 10.1 Å². The number of benzene rings is 1. The van der Waals surface area contributed by atoms with E-state index in [1.54, 1.807) is 13.8 Å². The zero-order valence-corrected chi connectivity index (χ0v) is 12.8. The van der Waals surface area contributed by atoms with E-state index in [9.17, 15) is 8.78 Å². The monoisotopic (exact) mass is 283 g/mol. The van der Waals surface area contributed by atoms with Crippen molar-refractivity contribution < 1.29 is 13.5 Å². The first-order valence-electron chi connectivity index (χ1n) is 6.66. The fraction of sp³-hybridized carbons (Fsp3) is 0.500. The third kappa shape index (κ3) is 5.70. The van der Waals surface area contributed by atoms with E-state index in [2.05, 4.69) is 30.8 Å². The van der Waals surface area contributed by atoms with Crippen LogP contribution in [0.4, 0.5) is 8.78 Å². The Hall–Kier alpha value is -1.42. The third-order valence-electron chi connectivity index (χ3n) is 2.75. The van der Waals surface area contributed by atoms with Gasteiger partial charge in [-0.1, -0.05) is 12.2 Å². The van der Waals surface area contributed by atoms with Crippen LogP contribution in [-0.2, 0) is 0 Å². The standard InChI is InChI=1S/C16H23F2NO/c1-11-9-13(7-6-8-19-16(3,4)5)10-12(2)14(11)20-15(17)18/h6-7,9-10,15,19H,8H2,1-5H3. The SMILES string of the molecule is Cc1cc(C=CCNC(C)(C)C)cc(C)c1OC(F)F. The molecule has 0 amide bonds. The van der Waals surface area contributed by atoms with Crippen molar-refractivity contribution in [2.45, 2.75) is 46.8 Å². The van der Waals surface area contributed by atoms with Gasteiger partial charge < -0.3 is 10.1 Å². The number of alkyl halides is 2. The number of ether oxygens (including phenoxy) is 1. The van der Waals surface area contributed by atoms with Crippen LogP contribution in [0.1, 0.15) is 37.5 Å². The zero-order chi connectivity index (χ0) is 15.3. The molecule has 0 saturated heterocycles. The highest BCUT2D eigenvalue weighted by Crippen LogP contribution is 2.26. The number of rotatable bonds is 5. The summed E-state index contributed by atoms with van der Waals surface area (Å²) in [5.74, 6) is 0.268. The first-order chi connectivity index (χ1) is 9.19. The van der Waals surface area contributed by atoms with Gasteiger partial charge in [-0.25, -0.2) is 0 Å². The lowest BCUT2D eigenvalue weighted by molar-refractivity contribution is -0.0507. The van der Waals surface area contributed by atoms with Crippen molar-refractivity contribution in [3.63, 3.8) is 0 Å². The summed E-state index contributed by atoms with van der Waals surface area (Å²) in [5.41, 5.74) is 2.49. The van der Waals surface area contributed by atoms with Gasteiger partial charge in [-0.2, -0.15) is 8.78 Å². The van der Waals surface area contributed by atoms with Gasteiger partial charge in [0.2, 0.25) is 0 Å². The molecular weight excluding hydrogens is 260 g/mol. The maximum atomic E-state index is 12.3.